The van der Waals surface area contributed by atoms with Crippen LogP contribution in [0.3, 0.4) is 0 Å². The van der Waals surface area contributed by atoms with Crippen LogP contribution in [0.5, 0.6) is 5.88 Å². The lowest BCUT2D eigenvalue weighted by Gasteiger charge is -2.40. The molecule has 10 heteroatoms. The third-order valence-corrected chi connectivity index (χ3v) is 6.88. The van der Waals surface area contributed by atoms with Gasteiger partial charge in [0.05, 0.1) is 17.6 Å². The smallest absolute Gasteiger partial charge is 0.410 e. The van der Waals surface area contributed by atoms with E-state index in [0.717, 1.165) is 21.9 Å². The van der Waals surface area contributed by atoms with Crippen molar-refractivity contribution >= 4 is 39.5 Å². The van der Waals surface area contributed by atoms with E-state index in [1.54, 1.807) is 9.47 Å². The number of hydrogen-bond acceptors (Lipinski definition) is 8. The molecule has 1 atom stereocenters. The Hall–Kier alpha value is -4.08. The van der Waals surface area contributed by atoms with Crippen molar-refractivity contribution in [3.63, 3.8) is 0 Å². The number of pyridine rings is 1. The van der Waals surface area contributed by atoms with E-state index in [-0.39, 0.29) is 24.1 Å². The maximum Gasteiger partial charge on any atom is 0.410 e. The maximum atomic E-state index is 12.7. The minimum Gasteiger partial charge on any atom is -0.493 e. The van der Waals surface area contributed by atoms with Gasteiger partial charge in [-0.2, -0.15) is 4.98 Å². The fourth-order valence-corrected chi connectivity index (χ4v) is 4.87. The monoisotopic (exact) mass is 531 g/mol. The molecule has 4 heterocycles. The molecular formula is C29H37N7O3. The Morgan fingerprint density at radius 1 is 1.18 bits per heavy atom. The number of nitrogens with one attached hydrogen (secondary N) is 1. The topological polar surface area (TPSA) is 109 Å². The Bertz CT molecular complexity index is 1510. The van der Waals surface area contributed by atoms with Crippen LogP contribution in [0.1, 0.15) is 53.3 Å². The third kappa shape index (κ3) is 5.55. The van der Waals surface area contributed by atoms with Gasteiger partial charge in [0, 0.05) is 49.5 Å². The summed E-state index contributed by atoms with van der Waals surface area (Å²) < 4.78 is 7.39. The molecule has 39 heavy (non-hydrogen) atoms. The first-order valence-electron chi connectivity index (χ1n) is 13.4. The lowest BCUT2D eigenvalue weighted by Crippen LogP contribution is -2.55. The second kappa shape index (κ2) is 10.2. The summed E-state index contributed by atoms with van der Waals surface area (Å²) in [6.45, 7) is 13.7. The summed E-state index contributed by atoms with van der Waals surface area (Å²) in [6, 6.07) is 10.1. The van der Waals surface area contributed by atoms with Crippen molar-refractivity contribution in [2.24, 2.45) is 0 Å². The van der Waals surface area contributed by atoms with Crippen LogP contribution >= 0.6 is 0 Å². The molecule has 4 aromatic rings. The van der Waals surface area contributed by atoms with Crippen LogP contribution in [0, 0.1) is 0 Å². The number of fused-ring (bicyclic) bond motifs is 2. The fourth-order valence-electron chi connectivity index (χ4n) is 4.87. The van der Waals surface area contributed by atoms with Gasteiger partial charge >= 0.3 is 6.09 Å². The molecule has 3 aromatic heterocycles. The normalized spacial score (nSPS) is 16.3. The van der Waals surface area contributed by atoms with Crippen molar-refractivity contribution in [3.8, 4) is 5.88 Å². The second-order valence-corrected chi connectivity index (χ2v) is 11.4. The summed E-state index contributed by atoms with van der Waals surface area (Å²) in [5.74, 6) is 1.24. The van der Waals surface area contributed by atoms with E-state index in [1.807, 2.05) is 72.1 Å². The number of nitrogens with zero attached hydrogens (tertiary/aromatic N) is 6. The van der Waals surface area contributed by atoms with Crippen LogP contribution in [0.15, 0.2) is 42.7 Å². The molecule has 1 amide bonds. The molecule has 0 bridgehead atoms. The molecule has 2 N–H and O–H groups in total. The largest absolute Gasteiger partial charge is 0.493 e. The lowest BCUT2D eigenvalue weighted by molar-refractivity contribution is 0.0158. The summed E-state index contributed by atoms with van der Waals surface area (Å²) >= 11 is 0. The molecule has 0 saturated carbocycles. The van der Waals surface area contributed by atoms with Gasteiger partial charge in [0.25, 0.3) is 0 Å². The molecule has 1 aromatic carbocycles. The van der Waals surface area contributed by atoms with Gasteiger partial charge in [-0.15, -0.1) is 0 Å². The van der Waals surface area contributed by atoms with Crippen LogP contribution in [0.4, 0.5) is 16.6 Å². The predicted molar refractivity (Wildman–Crippen MR) is 153 cm³/mol. The quantitative estimate of drug-likeness (QED) is 0.356. The molecule has 0 aliphatic carbocycles. The standard InChI is InChI=1S/C29H37N7O3/c1-18(2)36-17-23-24(26(36)37)32-27(34-11-12-35(19(3)16-34)28(38)39-29(4,5)6)33-25(23)31-15-22-13-20-9-7-8-10-21(20)14-30-22/h7-10,13-14,17-19,37H,11-12,15-16H2,1-6H3,(H,31,32,33)/t19-/m1/s1. The minimum absolute atomic E-state index is 0.0510. The molecule has 206 valence electrons. The molecule has 1 aliphatic heterocycles. The van der Waals surface area contributed by atoms with Gasteiger partial charge in [-0.3, -0.25) is 4.98 Å². The van der Waals surface area contributed by atoms with Crippen molar-refractivity contribution in [1.82, 2.24) is 24.4 Å². The van der Waals surface area contributed by atoms with Gasteiger partial charge in [-0.25, -0.2) is 9.78 Å². The van der Waals surface area contributed by atoms with E-state index < -0.39 is 5.60 Å². The fraction of sp³-hybridized carbons (Fsp3) is 0.448. The predicted octanol–water partition coefficient (Wildman–Crippen LogP) is 5.32. The number of amides is 1. The van der Waals surface area contributed by atoms with E-state index in [4.69, 9.17) is 14.7 Å². The van der Waals surface area contributed by atoms with Crippen LogP contribution in [0.25, 0.3) is 21.7 Å². The van der Waals surface area contributed by atoms with Crippen LogP contribution in [-0.2, 0) is 11.3 Å². The van der Waals surface area contributed by atoms with Crippen molar-refractivity contribution in [2.75, 3.05) is 29.9 Å². The van der Waals surface area contributed by atoms with Gasteiger partial charge < -0.3 is 29.5 Å². The zero-order valence-electron chi connectivity index (χ0n) is 23.5. The first-order chi connectivity index (χ1) is 18.5. The van der Waals surface area contributed by atoms with Crippen molar-refractivity contribution < 1.29 is 14.6 Å². The molecule has 0 radical (unpaired) electrons. The highest BCUT2D eigenvalue weighted by Gasteiger charge is 2.32. The number of carbonyl (C=O) groups excluding carboxylic acids is 1. The first kappa shape index (κ1) is 26.5. The average molecular weight is 532 g/mol. The van der Waals surface area contributed by atoms with E-state index in [1.165, 1.54) is 0 Å². The zero-order chi connectivity index (χ0) is 27.9. The summed E-state index contributed by atoms with van der Waals surface area (Å²) in [4.78, 5) is 30.8. The second-order valence-electron chi connectivity index (χ2n) is 11.4. The number of anilines is 2. The Morgan fingerprint density at radius 3 is 2.62 bits per heavy atom. The Kier molecular flexibility index (Phi) is 6.96. The molecule has 1 fully saturated rings. The van der Waals surface area contributed by atoms with Crippen molar-refractivity contribution in [2.45, 2.75) is 65.8 Å². The summed E-state index contributed by atoms with van der Waals surface area (Å²) in [5, 5.41) is 17.4. The number of aromatic hydroxyl groups is 1. The van der Waals surface area contributed by atoms with Gasteiger partial charge in [-0.1, -0.05) is 24.3 Å². The number of hydrogen-bond donors (Lipinski definition) is 2. The highest BCUT2D eigenvalue weighted by molar-refractivity contribution is 5.94. The number of aromatic nitrogens is 4. The molecule has 1 saturated heterocycles. The SMILES string of the molecule is CC(C)n1cc2c(NCc3cc4ccccc4cn3)nc(N3CCN(C(=O)OC(C)(C)C)[C@H](C)C3)nc2c1O. The zero-order valence-corrected chi connectivity index (χ0v) is 23.5. The molecule has 0 spiro atoms. The minimum atomic E-state index is -0.552. The molecule has 1 aliphatic rings. The highest BCUT2D eigenvalue weighted by Crippen LogP contribution is 2.34. The van der Waals surface area contributed by atoms with Gasteiger partial charge in [0.2, 0.25) is 11.8 Å². The van der Waals surface area contributed by atoms with Crippen LogP contribution in [0.2, 0.25) is 0 Å². The lowest BCUT2D eigenvalue weighted by atomic mass is 10.1. The van der Waals surface area contributed by atoms with E-state index in [2.05, 4.69) is 27.3 Å². The van der Waals surface area contributed by atoms with Crippen LogP contribution < -0.4 is 10.2 Å². The summed E-state index contributed by atoms with van der Waals surface area (Å²) in [7, 11) is 0. The maximum absolute atomic E-state index is 12.7. The number of benzene rings is 1. The molecule has 5 rings (SSSR count). The van der Waals surface area contributed by atoms with Gasteiger partial charge in [-0.05, 0) is 53.0 Å². The van der Waals surface area contributed by atoms with Crippen molar-refractivity contribution in [1.29, 1.82) is 0 Å². The van der Waals surface area contributed by atoms with E-state index in [0.29, 0.717) is 43.5 Å². The molecular weight excluding hydrogens is 494 g/mol. The highest BCUT2D eigenvalue weighted by atomic mass is 16.6. The summed E-state index contributed by atoms with van der Waals surface area (Å²) in [5.41, 5.74) is 0.822. The molecule has 10 nitrogen and oxygen atoms in total. The van der Waals surface area contributed by atoms with Crippen molar-refractivity contribution in [3.05, 3.63) is 48.4 Å². The third-order valence-electron chi connectivity index (χ3n) is 6.88. The Balaban J connectivity index is 1.43. The number of ether oxygens (including phenoxy) is 1. The van der Waals surface area contributed by atoms with Crippen LogP contribution in [-0.4, -0.2) is 66.9 Å². The summed E-state index contributed by atoms with van der Waals surface area (Å²) in [6.07, 6.45) is 3.45. The number of piperazine rings is 1. The Labute approximate surface area is 228 Å². The number of rotatable bonds is 5. The van der Waals surface area contributed by atoms with Gasteiger partial charge in [0.1, 0.15) is 16.9 Å². The molecule has 0 unspecified atom stereocenters. The Morgan fingerprint density at radius 2 is 1.92 bits per heavy atom. The van der Waals surface area contributed by atoms with Gasteiger partial charge in [0.15, 0.2) is 0 Å². The number of carbonyl (C=O) groups is 1. The first-order valence-corrected chi connectivity index (χ1v) is 13.4. The van der Waals surface area contributed by atoms with E-state index in [9.17, 15) is 9.90 Å². The van der Waals surface area contributed by atoms with E-state index >= 15 is 0 Å². The average Bonchev–Trinajstić information content (AvgIpc) is 3.22.